The van der Waals surface area contributed by atoms with Crippen molar-refractivity contribution in [3.05, 3.63) is 39.1 Å². The van der Waals surface area contributed by atoms with E-state index in [1.165, 1.54) is 6.20 Å². The first kappa shape index (κ1) is 19.9. The lowest BCUT2D eigenvalue weighted by Gasteiger charge is -2.35. The fraction of sp³-hybridized carbons (Fsp3) is 0.500. The standard InChI is InChI=1S/C20H22FN3O4S2/c21-16-11-4-1-6-13(11)17(14-7-2-5-12(14)16)23-18(25)24-30(27,28)19-22-10-15(29-19)20(26)8-3-9-20/h10,26H,1-9H2,(H2,23,24,25). The number of nitrogens with zero attached hydrogens (tertiary/aromatic N) is 1. The maximum atomic E-state index is 14.8. The van der Waals surface area contributed by atoms with E-state index in [4.69, 9.17) is 0 Å². The van der Waals surface area contributed by atoms with Gasteiger partial charge in [0.25, 0.3) is 10.0 Å². The molecular weight excluding hydrogens is 429 g/mol. The molecule has 160 valence electrons. The van der Waals surface area contributed by atoms with Crippen LogP contribution in [0.2, 0.25) is 0 Å². The number of halogens is 1. The molecule has 0 bridgehead atoms. The average Bonchev–Trinajstić information content (AvgIpc) is 3.42. The predicted octanol–water partition coefficient (Wildman–Crippen LogP) is 3.14. The molecule has 1 saturated carbocycles. The minimum absolute atomic E-state index is 0.155. The number of amides is 2. The van der Waals surface area contributed by atoms with Crippen molar-refractivity contribution in [2.24, 2.45) is 0 Å². The van der Waals surface area contributed by atoms with Gasteiger partial charge in [-0.2, -0.15) is 8.42 Å². The van der Waals surface area contributed by atoms with E-state index in [1.54, 1.807) is 0 Å². The van der Waals surface area contributed by atoms with Crippen LogP contribution in [0.15, 0.2) is 10.5 Å². The van der Waals surface area contributed by atoms with E-state index >= 15 is 0 Å². The minimum Gasteiger partial charge on any atom is -0.384 e. The van der Waals surface area contributed by atoms with Crippen LogP contribution < -0.4 is 10.0 Å². The number of sulfonamides is 1. The number of carbonyl (C=O) groups is 1. The zero-order valence-electron chi connectivity index (χ0n) is 16.3. The molecule has 0 unspecified atom stereocenters. The average molecular weight is 452 g/mol. The van der Waals surface area contributed by atoms with Crippen molar-refractivity contribution in [1.29, 1.82) is 0 Å². The molecule has 0 saturated heterocycles. The van der Waals surface area contributed by atoms with Crippen molar-refractivity contribution in [2.75, 3.05) is 5.32 Å². The van der Waals surface area contributed by atoms with E-state index in [-0.39, 0.29) is 10.2 Å². The highest BCUT2D eigenvalue weighted by Gasteiger charge is 2.39. The Kier molecular flexibility index (Phi) is 4.64. The molecule has 1 fully saturated rings. The number of fused-ring (bicyclic) bond motifs is 2. The summed E-state index contributed by atoms with van der Waals surface area (Å²) in [4.78, 5) is 17.0. The van der Waals surface area contributed by atoms with Crippen LogP contribution in [-0.4, -0.2) is 24.5 Å². The van der Waals surface area contributed by atoms with Gasteiger partial charge in [0.1, 0.15) is 11.4 Å². The Bertz CT molecular complexity index is 1120. The van der Waals surface area contributed by atoms with Crippen molar-refractivity contribution in [3.8, 4) is 0 Å². The summed E-state index contributed by atoms with van der Waals surface area (Å²) < 4.78 is 41.8. The van der Waals surface area contributed by atoms with Gasteiger partial charge in [-0.25, -0.2) is 18.9 Å². The molecule has 0 atom stereocenters. The summed E-state index contributed by atoms with van der Waals surface area (Å²) in [7, 11) is -4.18. The number of aromatic nitrogens is 1. The molecule has 0 spiro atoms. The fourth-order valence-electron chi connectivity index (χ4n) is 4.70. The highest BCUT2D eigenvalue weighted by atomic mass is 32.2. The Morgan fingerprint density at radius 2 is 1.67 bits per heavy atom. The van der Waals surface area contributed by atoms with Crippen LogP contribution in [0.3, 0.4) is 0 Å². The summed E-state index contributed by atoms with van der Waals surface area (Å²) in [5.41, 5.74) is 2.41. The van der Waals surface area contributed by atoms with E-state index in [9.17, 15) is 22.7 Å². The van der Waals surface area contributed by atoms with Crippen LogP contribution in [0.4, 0.5) is 14.9 Å². The third-order valence-corrected chi connectivity index (χ3v) is 9.30. The second-order valence-electron chi connectivity index (χ2n) is 8.25. The first-order valence-corrected chi connectivity index (χ1v) is 12.5. The van der Waals surface area contributed by atoms with Gasteiger partial charge >= 0.3 is 6.03 Å². The third kappa shape index (κ3) is 3.12. The first-order valence-electron chi connectivity index (χ1n) is 10.2. The number of benzene rings is 1. The number of aliphatic hydroxyl groups is 1. The van der Waals surface area contributed by atoms with Crippen LogP contribution in [-0.2, 0) is 41.3 Å². The lowest BCUT2D eigenvalue weighted by molar-refractivity contribution is -0.0356. The first-order chi connectivity index (χ1) is 14.3. The van der Waals surface area contributed by atoms with Crippen LogP contribution >= 0.6 is 11.3 Å². The number of hydrogen-bond acceptors (Lipinski definition) is 6. The summed E-state index contributed by atoms with van der Waals surface area (Å²) in [6, 6.07) is -0.885. The van der Waals surface area contributed by atoms with Gasteiger partial charge in [-0.3, -0.25) is 0 Å². The number of carbonyl (C=O) groups excluding carboxylic acids is 1. The summed E-state index contributed by atoms with van der Waals surface area (Å²) in [6.45, 7) is 0. The highest BCUT2D eigenvalue weighted by Crippen LogP contribution is 2.44. The molecule has 2 amide bonds. The summed E-state index contributed by atoms with van der Waals surface area (Å²) in [6.07, 6.45) is 7.60. The number of nitrogens with one attached hydrogen (secondary N) is 2. The van der Waals surface area contributed by atoms with Gasteiger partial charge in [-0.1, -0.05) is 0 Å². The van der Waals surface area contributed by atoms with Crippen LogP contribution in [0.25, 0.3) is 0 Å². The van der Waals surface area contributed by atoms with Crippen molar-refractivity contribution in [1.82, 2.24) is 9.71 Å². The molecule has 0 radical (unpaired) electrons. The third-order valence-electron chi connectivity index (χ3n) is 6.39. The maximum absolute atomic E-state index is 14.8. The zero-order chi connectivity index (χ0) is 21.1. The molecule has 1 aromatic heterocycles. The van der Waals surface area contributed by atoms with Gasteiger partial charge in [-0.15, -0.1) is 11.3 Å². The lowest BCUT2D eigenvalue weighted by atomic mass is 9.79. The molecular formula is C20H22FN3O4S2. The molecule has 1 heterocycles. The second-order valence-corrected chi connectivity index (χ2v) is 11.1. The lowest BCUT2D eigenvalue weighted by Crippen LogP contribution is -2.35. The fourth-order valence-corrected chi connectivity index (χ4v) is 6.90. The Balaban J connectivity index is 1.38. The second kappa shape index (κ2) is 7.00. The molecule has 0 aliphatic heterocycles. The SMILES string of the molecule is O=C(Nc1c2c(c(F)c3c1CCC3)CCC2)NS(=O)(=O)c1ncc(C2(O)CCC2)s1. The summed E-state index contributed by atoms with van der Waals surface area (Å²) >= 11 is 0.872. The van der Waals surface area contributed by atoms with Gasteiger partial charge < -0.3 is 10.4 Å². The Hall–Kier alpha value is -2.04. The molecule has 3 N–H and O–H groups in total. The van der Waals surface area contributed by atoms with E-state index in [0.29, 0.717) is 60.2 Å². The molecule has 1 aromatic carbocycles. The largest absolute Gasteiger partial charge is 0.384 e. The summed E-state index contributed by atoms with van der Waals surface area (Å²) in [5, 5.41) is 13.1. The quantitative estimate of drug-likeness (QED) is 0.662. The number of anilines is 1. The van der Waals surface area contributed by atoms with E-state index in [0.717, 1.165) is 41.7 Å². The van der Waals surface area contributed by atoms with E-state index in [2.05, 4.69) is 10.3 Å². The van der Waals surface area contributed by atoms with Crippen molar-refractivity contribution < 1.29 is 22.7 Å². The molecule has 3 aliphatic rings. The van der Waals surface area contributed by atoms with Gasteiger partial charge in [0.05, 0.1) is 4.88 Å². The highest BCUT2D eigenvalue weighted by molar-refractivity contribution is 7.92. The van der Waals surface area contributed by atoms with Crippen LogP contribution in [0.5, 0.6) is 0 Å². The smallest absolute Gasteiger partial charge is 0.333 e. The van der Waals surface area contributed by atoms with E-state index in [1.807, 2.05) is 4.72 Å². The number of rotatable bonds is 4. The molecule has 2 aromatic rings. The topological polar surface area (TPSA) is 108 Å². The monoisotopic (exact) mass is 451 g/mol. The van der Waals surface area contributed by atoms with E-state index < -0.39 is 21.7 Å². The van der Waals surface area contributed by atoms with Crippen molar-refractivity contribution in [3.63, 3.8) is 0 Å². The Labute approximate surface area is 177 Å². The Morgan fingerprint density at radius 1 is 1.07 bits per heavy atom. The van der Waals surface area contributed by atoms with Gasteiger partial charge in [0.2, 0.25) is 4.34 Å². The van der Waals surface area contributed by atoms with Gasteiger partial charge in [0, 0.05) is 11.9 Å². The number of thiazole rings is 1. The van der Waals surface area contributed by atoms with Gasteiger partial charge in [0.15, 0.2) is 0 Å². The molecule has 5 rings (SSSR count). The number of hydrogen-bond donors (Lipinski definition) is 3. The minimum atomic E-state index is -4.18. The normalized spacial score (nSPS) is 19.1. The van der Waals surface area contributed by atoms with Crippen molar-refractivity contribution >= 4 is 33.1 Å². The number of urea groups is 1. The summed E-state index contributed by atoms with van der Waals surface area (Å²) in [5.74, 6) is -0.155. The molecule has 10 heteroatoms. The Morgan fingerprint density at radius 3 is 2.23 bits per heavy atom. The van der Waals surface area contributed by atoms with Crippen molar-refractivity contribution in [2.45, 2.75) is 67.7 Å². The van der Waals surface area contributed by atoms with Crippen LogP contribution in [0.1, 0.15) is 59.2 Å². The molecule has 3 aliphatic carbocycles. The van der Waals surface area contributed by atoms with Gasteiger partial charge in [-0.05, 0) is 80.0 Å². The molecule has 30 heavy (non-hydrogen) atoms. The zero-order valence-corrected chi connectivity index (χ0v) is 17.9. The van der Waals surface area contributed by atoms with Crippen LogP contribution in [0, 0.1) is 5.82 Å². The molecule has 7 nitrogen and oxygen atoms in total. The predicted molar refractivity (Wildman–Crippen MR) is 110 cm³/mol. The maximum Gasteiger partial charge on any atom is 0.333 e.